The number of rotatable bonds is 5. The summed E-state index contributed by atoms with van der Waals surface area (Å²) in [5.74, 6) is 0.610. The van der Waals surface area contributed by atoms with Gasteiger partial charge in [-0.15, -0.1) is 0 Å². The number of methoxy groups -OCH3 is 1. The Kier molecular flexibility index (Phi) is 4.58. The molecule has 0 saturated heterocycles. The number of aromatic amines is 1. The molecular formula is C22H19N3O2. The van der Waals surface area contributed by atoms with Gasteiger partial charge in [0.2, 0.25) is 0 Å². The number of aromatic nitrogens is 2. The zero-order chi connectivity index (χ0) is 18.6. The van der Waals surface area contributed by atoms with Gasteiger partial charge in [-0.2, -0.15) is 0 Å². The van der Waals surface area contributed by atoms with Crippen LogP contribution in [0.25, 0.3) is 22.2 Å². The largest absolute Gasteiger partial charge is 0.497 e. The van der Waals surface area contributed by atoms with Crippen LogP contribution in [-0.4, -0.2) is 23.0 Å². The standard InChI is InChI=1S/C22H19N3O2/c1-27-17-8-6-15(7-9-17)22(26)25-14-16-4-2-3-5-18(16)19-10-12-23-21-20(19)11-13-24-21/h2-13H,14H2,1H3,(H,23,24)(H,25,26). The monoisotopic (exact) mass is 357 g/mol. The lowest BCUT2D eigenvalue weighted by molar-refractivity contribution is 0.0951. The summed E-state index contributed by atoms with van der Waals surface area (Å²) >= 11 is 0. The van der Waals surface area contributed by atoms with Crippen molar-refractivity contribution in [3.8, 4) is 16.9 Å². The molecule has 0 aliphatic carbocycles. The second-order valence-electron chi connectivity index (χ2n) is 6.17. The molecule has 0 aliphatic heterocycles. The van der Waals surface area contributed by atoms with E-state index in [2.05, 4.69) is 21.4 Å². The van der Waals surface area contributed by atoms with Crippen molar-refractivity contribution in [2.24, 2.45) is 0 Å². The SMILES string of the molecule is COc1ccc(C(=O)NCc2ccccc2-c2ccnc3[nH]ccc23)cc1. The number of amides is 1. The predicted molar refractivity (Wildman–Crippen MR) is 106 cm³/mol. The van der Waals surface area contributed by atoms with E-state index in [-0.39, 0.29) is 5.91 Å². The third-order valence-electron chi connectivity index (χ3n) is 4.56. The first-order chi connectivity index (χ1) is 13.3. The van der Waals surface area contributed by atoms with Gasteiger partial charge in [-0.3, -0.25) is 4.79 Å². The Morgan fingerprint density at radius 3 is 2.67 bits per heavy atom. The van der Waals surface area contributed by atoms with Gasteiger partial charge < -0.3 is 15.0 Å². The number of hydrogen-bond donors (Lipinski definition) is 2. The molecular weight excluding hydrogens is 338 g/mol. The van der Waals surface area contributed by atoms with Gasteiger partial charge in [-0.25, -0.2) is 4.98 Å². The van der Waals surface area contributed by atoms with Crippen LogP contribution < -0.4 is 10.1 Å². The van der Waals surface area contributed by atoms with Crippen molar-refractivity contribution in [3.63, 3.8) is 0 Å². The number of fused-ring (bicyclic) bond motifs is 1. The third-order valence-corrected chi connectivity index (χ3v) is 4.56. The van der Waals surface area contributed by atoms with E-state index in [0.717, 1.165) is 33.5 Å². The molecule has 0 bridgehead atoms. The van der Waals surface area contributed by atoms with Crippen LogP contribution in [0.2, 0.25) is 0 Å². The first-order valence-electron chi connectivity index (χ1n) is 8.69. The first-order valence-corrected chi connectivity index (χ1v) is 8.69. The molecule has 4 aromatic rings. The molecule has 2 heterocycles. The molecule has 2 N–H and O–H groups in total. The number of ether oxygens (including phenoxy) is 1. The van der Waals surface area contributed by atoms with Crippen LogP contribution >= 0.6 is 0 Å². The highest BCUT2D eigenvalue weighted by Gasteiger charge is 2.11. The lowest BCUT2D eigenvalue weighted by Gasteiger charge is -2.12. The average molecular weight is 357 g/mol. The van der Waals surface area contributed by atoms with E-state index in [1.54, 1.807) is 37.6 Å². The van der Waals surface area contributed by atoms with Gasteiger partial charge in [0.1, 0.15) is 11.4 Å². The van der Waals surface area contributed by atoms with E-state index in [1.807, 2.05) is 36.5 Å². The van der Waals surface area contributed by atoms with Gasteiger partial charge in [0.05, 0.1) is 7.11 Å². The van der Waals surface area contributed by atoms with Crippen LogP contribution in [0.4, 0.5) is 0 Å². The van der Waals surface area contributed by atoms with Crippen molar-refractivity contribution < 1.29 is 9.53 Å². The molecule has 0 atom stereocenters. The lowest BCUT2D eigenvalue weighted by atomic mass is 9.98. The van der Waals surface area contributed by atoms with Crippen LogP contribution in [0.1, 0.15) is 15.9 Å². The van der Waals surface area contributed by atoms with E-state index in [0.29, 0.717) is 12.1 Å². The van der Waals surface area contributed by atoms with Gasteiger partial charge in [-0.1, -0.05) is 24.3 Å². The number of benzene rings is 2. The van der Waals surface area contributed by atoms with Gasteiger partial charge in [-0.05, 0) is 53.1 Å². The Morgan fingerprint density at radius 1 is 1.04 bits per heavy atom. The summed E-state index contributed by atoms with van der Waals surface area (Å²) in [6, 6.07) is 19.2. The molecule has 1 amide bonds. The summed E-state index contributed by atoms with van der Waals surface area (Å²) < 4.78 is 5.13. The van der Waals surface area contributed by atoms with Crippen LogP contribution in [0, 0.1) is 0 Å². The van der Waals surface area contributed by atoms with Crippen LogP contribution in [0.3, 0.4) is 0 Å². The third kappa shape index (κ3) is 3.40. The Labute approximate surface area is 157 Å². The Morgan fingerprint density at radius 2 is 1.85 bits per heavy atom. The van der Waals surface area contributed by atoms with Crippen molar-refractivity contribution in [3.05, 3.63) is 84.2 Å². The molecule has 2 aromatic carbocycles. The molecule has 0 spiro atoms. The molecule has 0 unspecified atom stereocenters. The van der Waals surface area contributed by atoms with Gasteiger partial charge in [0, 0.05) is 29.9 Å². The van der Waals surface area contributed by atoms with E-state index >= 15 is 0 Å². The summed E-state index contributed by atoms with van der Waals surface area (Å²) in [5.41, 5.74) is 4.68. The predicted octanol–water partition coefficient (Wildman–Crippen LogP) is 4.17. The Balaban J connectivity index is 1.58. The average Bonchev–Trinajstić information content (AvgIpc) is 3.21. The number of carbonyl (C=O) groups is 1. The molecule has 4 rings (SSSR count). The molecule has 0 aliphatic rings. The zero-order valence-corrected chi connectivity index (χ0v) is 14.9. The molecule has 0 radical (unpaired) electrons. The highest BCUT2D eigenvalue weighted by atomic mass is 16.5. The fourth-order valence-electron chi connectivity index (χ4n) is 3.15. The topological polar surface area (TPSA) is 67.0 Å². The molecule has 5 heteroatoms. The van der Waals surface area contributed by atoms with Crippen molar-refractivity contribution in [1.29, 1.82) is 0 Å². The van der Waals surface area contributed by atoms with Crippen molar-refractivity contribution in [2.45, 2.75) is 6.54 Å². The second-order valence-corrected chi connectivity index (χ2v) is 6.17. The number of nitrogens with zero attached hydrogens (tertiary/aromatic N) is 1. The maximum Gasteiger partial charge on any atom is 0.251 e. The fourth-order valence-corrected chi connectivity index (χ4v) is 3.15. The van der Waals surface area contributed by atoms with E-state index in [4.69, 9.17) is 4.74 Å². The van der Waals surface area contributed by atoms with Crippen LogP contribution in [0.5, 0.6) is 5.75 Å². The van der Waals surface area contributed by atoms with Gasteiger partial charge >= 0.3 is 0 Å². The highest BCUT2D eigenvalue weighted by Crippen LogP contribution is 2.29. The van der Waals surface area contributed by atoms with Crippen molar-refractivity contribution in [1.82, 2.24) is 15.3 Å². The number of hydrogen-bond acceptors (Lipinski definition) is 3. The van der Waals surface area contributed by atoms with Gasteiger partial charge in [0.25, 0.3) is 5.91 Å². The minimum absolute atomic E-state index is 0.117. The summed E-state index contributed by atoms with van der Waals surface area (Å²) in [6.07, 6.45) is 3.68. The molecule has 2 aromatic heterocycles. The zero-order valence-electron chi connectivity index (χ0n) is 14.9. The Bertz CT molecular complexity index is 1080. The van der Waals surface area contributed by atoms with Crippen LogP contribution in [-0.2, 0) is 6.54 Å². The van der Waals surface area contributed by atoms with Crippen LogP contribution in [0.15, 0.2) is 73.1 Å². The highest BCUT2D eigenvalue weighted by molar-refractivity contribution is 5.95. The van der Waals surface area contributed by atoms with E-state index < -0.39 is 0 Å². The summed E-state index contributed by atoms with van der Waals surface area (Å²) in [4.78, 5) is 20.0. The molecule has 0 fully saturated rings. The molecule has 0 saturated carbocycles. The lowest BCUT2D eigenvalue weighted by Crippen LogP contribution is -2.23. The van der Waals surface area contributed by atoms with Crippen molar-refractivity contribution >= 4 is 16.9 Å². The maximum absolute atomic E-state index is 12.5. The molecule has 134 valence electrons. The summed E-state index contributed by atoms with van der Waals surface area (Å²) in [6.45, 7) is 0.440. The number of nitrogens with one attached hydrogen (secondary N) is 2. The van der Waals surface area contributed by atoms with Gasteiger partial charge in [0.15, 0.2) is 0 Å². The summed E-state index contributed by atoms with van der Waals surface area (Å²) in [5, 5.41) is 4.06. The smallest absolute Gasteiger partial charge is 0.251 e. The maximum atomic E-state index is 12.5. The minimum atomic E-state index is -0.117. The number of H-pyrrole nitrogens is 1. The molecule has 27 heavy (non-hydrogen) atoms. The second kappa shape index (κ2) is 7.33. The number of pyridine rings is 1. The van der Waals surface area contributed by atoms with Crippen molar-refractivity contribution in [2.75, 3.05) is 7.11 Å². The minimum Gasteiger partial charge on any atom is -0.497 e. The number of carbonyl (C=O) groups excluding carboxylic acids is 1. The first kappa shape index (κ1) is 16.8. The summed E-state index contributed by atoms with van der Waals surface area (Å²) in [7, 11) is 1.60. The quantitative estimate of drug-likeness (QED) is 0.563. The normalized spacial score (nSPS) is 10.7. The van der Waals surface area contributed by atoms with E-state index in [1.165, 1.54) is 0 Å². The fraction of sp³-hybridized carbons (Fsp3) is 0.0909. The van der Waals surface area contributed by atoms with E-state index in [9.17, 15) is 4.79 Å². The Hall–Kier alpha value is -3.60. The molecule has 5 nitrogen and oxygen atoms in total.